The van der Waals surface area contributed by atoms with Crippen molar-refractivity contribution in [2.45, 2.75) is 73.1 Å². The Morgan fingerprint density at radius 3 is 2.36 bits per heavy atom. The van der Waals surface area contributed by atoms with Crippen molar-refractivity contribution in [3.63, 3.8) is 0 Å². The molecule has 0 aliphatic heterocycles. The van der Waals surface area contributed by atoms with Crippen LogP contribution in [0.1, 0.15) is 73.1 Å². The largest absolute Gasteiger partial charge is 0.462 e. The number of allylic oxidation sites excluding steroid dienone is 1. The third-order valence-corrected chi connectivity index (χ3v) is 7.92. The number of carbonyl (C=O) groups excluding carboxylic acids is 3. The Labute approximate surface area is 197 Å². The maximum Gasteiger partial charge on any atom is 0.302 e. The smallest absolute Gasteiger partial charge is 0.302 e. The Morgan fingerprint density at radius 1 is 1.09 bits per heavy atom. The number of rotatable bonds is 10. The fraction of sp³-hybridized carbons (Fsp3) is 0.731. The minimum Gasteiger partial charge on any atom is -0.462 e. The summed E-state index contributed by atoms with van der Waals surface area (Å²) in [5.41, 5.74) is 1.52. The second-order valence-electron chi connectivity index (χ2n) is 9.84. The molecular weight excluding hydrogens is 424 g/mol. The first-order chi connectivity index (χ1) is 15.5. The first-order valence-corrected chi connectivity index (χ1v) is 11.9. The molecule has 0 aromatic carbocycles. The Kier molecular flexibility index (Phi) is 9.70. The van der Waals surface area contributed by atoms with Gasteiger partial charge < -0.3 is 19.3 Å². The van der Waals surface area contributed by atoms with Crippen molar-refractivity contribution in [1.82, 2.24) is 0 Å². The molecule has 33 heavy (non-hydrogen) atoms. The molecule has 1 N–H and O–H groups in total. The molecule has 4 atom stereocenters. The Hall–Kier alpha value is -2.15. The molecule has 0 bridgehead atoms. The normalized spacial score (nSPS) is 29.5. The second-order valence-corrected chi connectivity index (χ2v) is 9.84. The van der Waals surface area contributed by atoms with Crippen molar-refractivity contribution in [1.29, 1.82) is 0 Å². The zero-order chi connectivity index (χ0) is 24.6. The van der Waals surface area contributed by atoms with Crippen LogP contribution in [0.25, 0.3) is 0 Å². The summed E-state index contributed by atoms with van der Waals surface area (Å²) >= 11 is 0. The Morgan fingerprint density at radius 2 is 1.76 bits per heavy atom. The van der Waals surface area contributed by atoms with E-state index in [1.54, 1.807) is 0 Å². The average molecular weight is 465 g/mol. The van der Waals surface area contributed by atoms with Crippen molar-refractivity contribution in [3.8, 4) is 0 Å². The first kappa shape index (κ1) is 27.1. The van der Waals surface area contributed by atoms with E-state index in [2.05, 4.69) is 19.9 Å². The van der Waals surface area contributed by atoms with Gasteiger partial charge in [0.2, 0.25) is 0 Å². The zero-order valence-corrected chi connectivity index (χ0v) is 20.8. The topological polar surface area (TPSA) is 99.1 Å². The van der Waals surface area contributed by atoms with Crippen LogP contribution in [0.3, 0.4) is 0 Å². The van der Waals surface area contributed by atoms with Crippen LogP contribution in [0.15, 0.2) is 23.3 Å². The summed E-state index contributed by atoms with van der Waals surface area (Å²) in [5.74, 6) is -0.326. The minimum absolute atomic E-state index is 0.0374. The van der Waals surface area contributed by atoms with Crippen LogP contribution in [0.4, 0.5) is 0 Å². The molecule has 0 aromatic heterocycles. The van der Waals surface area contributed by atoms with Crippen LogP contribution < -0.4 is 0 Å². The molecule has 7 heteroatoms. The Balaban J connectivity index is 2.25. The van der Waals surface area contributed by atoms with E-state index in [4.69, 9.17) is 14.2 Å². The maximum atomic E-state index is 11.4. The van der Waals surface area contributed by atoms with E-state index in [0.717, 1.165) is 43.3 Å². The summed E-state index contributed by atoms with van der Waals surface area (Å²) in [6, 6.07) is 0. The van der Waals surface area contributed by atoms with Gasteiger partial charge in [0.15, 0.2) is 0 Å². The third kappa shape index (κ3) is 6.69. The van der Waals surface area contributed by atoms with Crippen LogP contribution in [0, 0.1) is 22.7 Å². The highest BCUT2D eigenvalue weighted by Crippen LogP contribution is 2.62. The highest BCUT2D eigenvalue weighted by Gasteiger charge is 2.55. The van der Waals surface area contributed by atoms with Gasteiger partial charge in [0.25, 0.3) is 0 Å². The van der Waals surface area contributed by atoms with Gasteiger partial charge in [-0.3, -0.25) is 14.4 Å². The van der Waals surface area contributed by atoms with Gasteiger partial charge in [-0.1, -0.05) is 19.9 Å². The molecule has 0 radical (unpaired) electrons. The fourth-order valence-corrected chi connectivity index (χ4v) is 5.80. The van der Waals surface area contributed by atoms with E-state index >= 15 is 0 Å². The molecule has 2 rings (SSSR count). The number of aliphatic hydroxyl groups is 1. The molecule has 1 fully saturated rings. The van der Waals surface area contributed by atoms with Crippen molar-refractivity contribution in [2.75, 3.05) is 26.4 Å². The van der Waals surface area contributed by atoms with Crippen LogP contribution >= 0.6 is 0 Å². The molecule has 7 nitrogen and oxygen atoms in total. The lowest BCUT2D eigenvalue weighted by Gasteiger charge is -2.59. The first-order valence-electron chi connectivity index (χ1n) is 11.9. The average Bonchev–Trinajstić information content (AvgIpc) is 2.76. The molecule has 0 saturated heterocycles. The monoisotopic (exact) mass is 464 g/mol. The van der Waals surface area contributed by atoms with Crippen molar-refractivity contribution >= 4 is 17.9 Å². The lowest BCUT2D eigenvalue weighted by atomic mass is 9.46. The summed E-state index contributed by atoms with van der Waals surface area (Å²) in [6.07, 6.45) is 9.26. The molecular formula is C26H40O7. The zero-order valence-electron chi connectivity index (χ0n) is 20.8. The van der Waals surface area contributed by atoms with E-state index in [1.165, 1.54) is 20.8 Å². The van der Waals surface area contributed by atoms with Crippen molar-refractivity contribution in [2.24, 2.45) is 22.7 Å². The fourth-order valence-electron chi connectivity index (χ4n) is 5.80. The third-order valence-electron chi connectivity index (χ3n) is 7.92. The van der Waals surface area contributed by atoms with Crippen LogP contribution in [0.5, 0.6) is 0 Å². The maximum absolute atomic E-state index is 11.4. The van der Waals surface area contributed by atoms with Gasteiger partial charge in [-0.15, -0.1) is 0 Å². The summed E-state index contributed by atoms with van der Waals surface area (Å²) in [4.78, 5) is 34.0. The molecule has 2 aliphatic rings. The number of esters is 3. The van der Waals surface area contributed by atoms with Crippen molar-refractivity contribution in [3.05, 3.63) is 23.3 Å². The number of aliphatic hydroxyl groups excluding tert-OH is 1. The quantitative estimate of drug-likeness (QED) is 0.295. The Bertz CT molecular complexity index is 784. The number of hydrogen-bond donors (Lipinski definition) is 1. The molecule has 0 unspecified atom stereocenters. The summed E-state index contributed by atoms with van der Waals surface area (Å²) in [5, 5.41) is 10.6. The molecule has 186 valence electrons. The standard InChI is InChI=1S/C26H40O7/c1-18-9-13-26(17-27)23(16-33-21(4)30)7-6-8-24(26)25(18,5)12-10-22(15-32-20(3)29)11-14-31-19(2)28/h7,11,18,24,27H,6,8-10,12-17H2,1-5H3/b22-11-/t18-,24-,25+,26-/m1/s1. The lowest BCUT2D eigenvalue weighted by molar-refractivity contribution is -0.142. The molecule has 0 aromatic rings. The van der Waals surface area contributed by atoms with E-state index in [1.807, 2.05) is 6.08 Å². The van der Waals surface area contributed by atoms with Gasteiger partial charge in [0.05, 0.1) is 6.61 Å². The molecule has 0 amide bonds. The number of carbonyl (C=O) groups is 3. The van der Waals surface area contributed by atoms with Crippen LogP contribution in [0.2, 0.25) is 0 Å². The summed E-state index contributed by atoms with van der Waals surface area (Å²) in [6.45, 7) is 9.33. The van der Waals surface area contributed by atoms with Crippen LogP contribution in [-0.4, -0.2) is 49.4 Å². The van der Waals surface area contributed by atoms with E-state index < -0.39 is 0 Å². The predicted molar refractivity (Wildman–Crippen MR) is 124 cm³/mol. The molecule has 0 heterocycles. The van der Waals surface area contributed by atoms with Crippen molar-refractivity contribution < 1.29 is 33.7 Å². The highest BCUT2D eigenvalue weighted by atomic mass is 16.5. The van der Waals surface area contributed by atoms with E-state index in [0.29, 0.717) is 12.3 Å². The minimum atomic E-state index is -0.382. The second kappa shape index (κ2) is 11.8. The number of hydrogen-bond acceptors (Lipinski definition) is 7. The lowest BCUT2D eigenvalue weighted by Crippen LogP contribution is -2.53. The van der Waals surface area contributed by atoms with Gasteiger partial charge in [0, 0.05) is 26.2 Å². The molecule has 1 saturated carbocycles. The highest BCUT2D eigenvalue weighted by molar-refractivity contribution is 5.66. The van der Waals surface area contributed by atoms with Gasteiger partial charge in [-0.25, -0.2) is 0 Å². The molecule has 0 spiro atoms. The number of fused-ring (bicyclic) bond motifs is 1. The van der Waals surface area contributed by atoms with E-state index in [-0.39, 0.29) is 61.1 Å². The number of ether oxygens (including phenoxy) is 3. The van der Waals surface area contributed by atoms with Crippen LogP contribution in [-0.2, 0) is 28.6 Å². The predicted octanol–water partition coefficient (Wildman–Crippen LogP) is 4.13. The summed E-state index contributed by atoms with van der Waals surface area (Å²) < 4.78 is 15.6. The molecule has 2 aliphatic carbocycles. The van der Waals surface area contributed by atoms with Gasteiger partial charge >= 0.3 is 17.9 Å². The summed E-state index contributed by atoms with van der Waals surface area (Å²) in [7, 11) is 0. The van der Waals surface area contributed by atoms with E-state index in [9.17, 15) is 19.5 Å². The SMILES string of the molecule is CC(=O)OC/C=C(/CC[C@@]1(C)[C@H](C)CC[C@@]2(CO)C(COC(C)=O)=CCC[C@@H]21)COC(C)=O. The van der Waals surface area contributed by atoms with Gasteiger partial charge in [0.1, 0.15) is 19.8 Å². The van der Waals surface area contributed by atoms with Gasteiger partial charge in [-0.2, -0.15) is 0 Å². The van der Waals surface area contributed by atoms with Gasteiger partial charge in [-0.05, 0) is 73.0 Å².